The Hall–Kier alpha value is -1.77. The molecule has 0 unspecified atom stereocenters. The third-order valence-electron chi connectivity index (χ3n) is 3.03. The van der Waals surface area contributed by atoms with Gasteiger partial charge in [0.1, 0.15) is 11.5 Å². The number of carbonyl (C=O) groups is 1. The van der Waals surface area contributed by atoms with E-state index in [1.54, 1.807) is 14.0 Å². The summed E-state index contributed by atoms with van der Waals surface area (Å²) in [6.07, 6.45) is 3.35. The van der Waals surface area contributed by atoms with Crippen molar-refractivity contribution in [3.8, 4) is 5.75 Å². The van der Waals surface area contributed by atoms with Crippen molar-refractivity contribution in [2.75, 3.05) is 7.11 Å². The van der Waals surface area contributed by atoms with E-state index in [9.17, 15) is 4.79 Å². The Labute approximate surface area is 101 Å². The molecule has 90 valence electrons. The molecule has 1 aromatic carbocycles. The number of hydrogen-bond donors (Lipinski definition) is 1. The fourth-order valence-electron chi connectivity index (χ4n) is 2.07. The lowest BCUT2D eigenvalue weighted by Crippen LogP contribution is -1.93. The highest BCUT2D eigenvalue weighted by Crippen LogP contribution is 2.27. The van der Waals surface area contributed by atoms with E-state index in [1.807, 2.05) is 18.3 Å². The zero-order valence-electron chi connectivity index (χ0n) is 10.5. The van der Waals surface area contributed by atoms with Crippen molar-refractivity contribution >= 4 is 16.7 Å². The van der Waals surface area contributed by atoms with Gasteiger partial charge in [-0.2, -0.15) is 0 Å². The van der Waals surface area contributed by atoms with Crippen LogP contribution in [0.5, 0.6) is 5.75 Å². The summed E-state index contributed by atoms with van der Waals surface area (Å²) in [5.74, 6) is 1.08. The molecule has 3 nitrogen and oxygen atoms in total. The van der Waals surface area contributed by atoms with Crippen LogP contribution in [0.2, 0.25) is 0 Å². The van der Waals surface area contributed by atoms with Crippen molar-refractivity contribution in [1.29, 1.82) is 0 Å². The Balaban J connectivity index is 2.43. The minimum Gasteiger partial charge on any atom is -0.497 e. The zero-order chi connectivity index (χ0) is 12.4. The Bertz CT molecular complexity index is 555. The van der Waals surface area contributed by atoms with E-state index in [1.165, 1.54) is 5.56 Å². The van der Waals surface area contributed by atoms with Crippen molar-refractivity contribution in [3.05, 3.63) is 29.5 Å². The van der Waals surface area contributed by atoms with Crippen molar-refractivity contribution in [1.82, 2.24) is 4.98 Å². The molecule has 1 heterocycles. The Kier molecular flexibility index (Phi) is 3.18. The number of rotatable bonds is 4. The number of ether oxygens (including phenoxy) is 1. The van der Waals surface area contributed by atoms with Crippen LogP contribution in [0, 0.1) is 6.92 Å². The molecule has 3 heteroatoms. The number of aryl methyl sites for hydroxylation is 2. The molecule has 1 N–H and O–H groups in total. The van der Waals surface area contributed by atoms with Crippen LogP contribution in [-0.4, -0.2) is 17.9 Å². The number of benzene rings is 1. The van der Waals surface area contributed by atoms with Crippen LogP contribution in [0.4, 0.5) is 0 Å². The molecule has 0 aliphatic rings. The minimum absolute atomic E-state index is 0.221. The van der Waals surface area contributed by atoms with Crippen LogP contribution in [0.25, 0.3) is 10.9 Å². The number of ketones is 1. The highest BCUT2D eigenvalue weighted by Gasteiger charge is 2.08. The molecule has 2 aromatic rings. The summed E-state index contributed by atoms with van der Waals surface area (Å²) >= 11 is 0. The second-order valence-corrected chi connectivity index (χ2v) is 4.38. The van der Waals surface area contributed by atoms with E-state index in [2.05, 4.69) is 11.9 Å². The lowest BCUT2D eigenvalue weighted by molar-refractivity contribution is -0.116. The van der Waals surface area contributed by atoms with Gasteiger partial charge in [0.05, 0.1) is 7.11 Å². The predicted molar refractivity (Wildman–Crippen MR) is 68.6 cm³/mol. The second kappa shape index (κ2) is 4.62. The summed E-state index contributed by atoms with van der Waals surface area (Å²) in [5, 5.41) is 1.16. The number of nitrogens with one attached hydrogen (secondary N) is 1. The van der Waals surface area contributed by atoms with E-state index in [0.717, 1.165) is 28.6 Å². The van der Waals surface area contributed by atoms with Crippen molar-refractivity contribution in [2.24, 2.45) is 0 Å². The van der Waals surface area contributed by atoms with Gasteiger partial charge in [-0.1, -0.05) is 0 Å². The van der Waals surface area contributed by atoms with Crippen LogP contribution in [0.3, 0.4) is 0 Å². The number of carbonyl (C=O) groups excluding carboxylic acids is 1. The fourth-order valence-corrected chi connectivity index (χ4v) is 2.07. The smallest absolute Gasteiger partial charge is 0.130 e. The molecule has 0 aliphatic carbocycles. The van der Waals surface area contributed by atoms with Crippen LogP contribution >= 0.6 is 0 Å². The molecule has 0 amide bonds. The van der Waals surface area contributed by atoms with E-state index in [-0.39, 0.29) is 5.78 Å². The maximum absolute atomic E-state index is 11.0. The average Bonchev–Trinajstić information content (AvgIpc) is 2.69. The summed E-state index contributed by atoms with van der Waals surface area (Å²) < 4.78 is 5.27. The minimum atomic E-state index is 0.221. The third-order valence-corrected chi connectivity index (χ3v) is 3.03. The van der Waals surface area contributed by atoms with Crippen molar-refractivity contribution < 1.29 is 9.53 Å². The molecule has 2 rings (SSSR count). The lowest BCUT2D eigenvalue weighted by Gasteiger charge is -2.04. The highest BCUT2D eigenvalue weighted by atomic mass is 16.5. The number of aromatic amines is 1. The molecule has 0 saturated carbocycles. The molecule has 1 aromatic heterocycles. The van der Waals surface area contributed by atoms with Gasteiger partial charge in [-0.05, 0) is 43.5 Å². The largest absolute Gasteiger partial charge is 0.497 e. The van der Waals surface area contributed by atoms with Crippen LogP contribution in [0.1, 0.15) is 24.5 Å². The summed E-state index contributed by atoms with van der Waals surface area (Å²) in [4.78, 5) is 14.3. The molecule has 0 spiro atoms. The van der Waals surface area contributed by atoms with Gasteiger partial charge in [0, 0.05) is 23.5 Å². The molecule has 0 fully saturated rings. The standard InChI is InChI=1S/C14H17NO2/c1-9-6-12(17-3)7-13-11(5-4-10(2)16)8-15-14(9)13/h6-8,15H,4-5H2,1-3H3. The maximum atomic E-state index is 11.0. The number of Topliss-reactive ketones (excluding diaryl/α,β-unsaturated/α-hetero) is 1. The number of hydrogen-bond acceptors (Lipinski definition) is 2. The maximum Gasteiger partial charge on any atom is 0.130 e. The van der Waals surface area contributed by atoms with Crippen molar-refractivity contribution in [2.45, 2.75) is 26.7 Å². The second-order valence-electron chi connectivity index (χ2n) is 4.38. The Morgan fingerprint density at radius 3 is 2.82 bits per heavy atom. The van der Waals surface area contributed by atoms with E-state index in [4.69, 9.17) is 4.74 Å². The summed E-state index contributed by atoms with van der Waals surface area (Å²) in [6, 6.07) is 4.03. The first-order chi connectivity index (χ1) is 8.11. The first-order valence-corrected chi connectivity index (χ1v) is 5.76. The van der Waals surface area contributed by atoms with Gasteiger partial charge in [0.2, 0.25) is 0 Å². The average molecular weight is 231 g/mol. The molecule has 0 bridgehead atoms. The van der Waals surface area contributed by atoms with Crippen molar-refractivity contribution in [3.63, 3.8) is 0 Å². The van der Waals surface area contributed by atoms with E-state index < -0.39 is 0 Å². The summed E-state index contributed by atoms with van der Waals surface area (Å²) in [6.45, 7) is 3.68. The van der Waals surface area contributed by atoms with Gasteiger partial charge in [0.25, 0.3) is 0 Å². The molecular formula is C14H17NO2. The number of methoxy groups -OCH3 is 1. The first-order valence-electron chi connectivity index (χ1n) is 5.76. The topological polar surface area (TPSA) is 42.1 Å². The molecule has 0 atom stereocenters. The van der Waals surface area contributed by atoms with Gasteiger partial charge >= 0.3 is 0 Å². The lowest BCUT2D eigenvalue weighted by atomic mass is 10.0. The zero-order valence-corrected chi connectivity index (χ0v) is 10.5. The Morgan fingerprint density at radius 2 is 2.18 bits per heavy atom. The normalized spacial score (nSPS) is 10.8. The Morgan fingerprint density at radius 1 is 1.41 bits per heavy atom. The van der Waals surface area contributed by atoms with Gasteiger partial charge in [-0.25, -0.2) is 0 Å². The molecular weight excluding hydrogens is 214 g/mol. The fraction of sp³-hybridized carbons (Fsp3) is 0.357. The number of H-pyrrole nitrogens is 1. The summed E-state index contributed by atoms with van der Waals surface area (Å²) in [7, 11) is 1.67. The van der Waals surface area contributed by atoms with Gasteiger partial charge in [0.15, 0.2) is 0 Å². The van der Waals surface area contributed by atoms with Gasteiger partial charge in [-0.3, -0.25) is 0 Å². The number of aromatic nitrogens is 1. The van der Waals surface area contributed by atoms with Crippen LogP contribution < -0.4 is 4.74 Å². The predicted octanol–water partition coefficient (Wildman–Crippen LogP) is 3.01. The monoisotopic (exact) mass is 231 g/mol. The molecule has 0 saturated heterocycles. The first kappa shape index (κ1) is 11.7. The van der Waals surface area contributed by atoms with Crippen LogP contribution in [-0.2, 0) is 11.2 Å². The molecule has 17 heavy (non-hydrogen) atoms. The molecule has 0 radical (unpaired) electrons. The SMILES string of the molecule is COc1cc(C)c2[nH]cc(CCC(C)=O)c2c1. The highest BCUT2D eigenvalue weighted by molar-refractivity contribution is 5.88. The molecule has 0 aliphatic heterocycles. The summed E-state index contributed by atoms with van der Waals surface area (Å²) in [5.41, 5.74) is 3.47. The quantitative estimate of drug-likeness (QED) is 0.878. The van der Waals surface area contributed by atoms with Gasteiger partial charge < -0.3 is 14.5 Å². The number of fused-ring (bicyclic) bond motifs is 1. The van der Waals surface area contributed by atoms with E-state index >= 15 is 0 Å². The van der Waals surface area contributed by atoms with E-state index in [0.29, 0.717) is 6.42 Å². The van der Waals surface area contributed by atoms with Gasteiger partial charge in [-0.15, -0.1) is 0 Å². The third kappa shape index (κ3) is 2.33. The van der Waals surface area contributed by atoms with Crippen LogP contribution in [0.15, 0.2) is 18.3 Å².